The molecule has 34 heavy (non-hydrogen) atoms. The van der Waals surface area contributed by atoms with Crippen LogP contribution in [0, 0.1) is 0 Å². The lowest BCUT2D eigenvalue weighted by molar-refractivity contribution is -0.400. The molecule has 2 aromatic carbocycles. The second kappa shape index (κ2) is 13.4. The maximum atomic E-state index is 12.8. The summed E-state index contributed by atoms with van der Waals surface area (Å²) in [5.74, 6) is -3.44. The van der Waals surface area contributed by atoms with Crippen molar-refractivity contribution in [1.82, 2.24) is 4.90 Å². The van der Waals surface area contributed by atoms with Gasteiger partial charge in [0.25, 0.3) is 0 Å². The van der Waals surface area contributed by atoms with Crippen LogP contribution in [0.3, 0.4) is 0 Å². The molecule has 2 aromatic rings. The SMILES string of the molecule is CCCCOC(OCCC)(C(=O)O)N(C)C(OC)(OCC)N(c1ccccc1)c1ccccc1. The monoisotopic (exact) mass is 474 g/mol. The van der Waals surface area contributed by atoms with Gasteiger partial charge in [0.2, 0.25) is 0 Å². The van der Waals surface area contributed by atoms with Crippen molar-refractivity contribution in [1.29, 1.82) is 0 Å². The molecule has 0 saturated heterocycles. The van der Waals surface area contributed by atoms with E-state index in [0.29, 0.717) is 12.8 Å². The first-order valence-corrected chi connectivity index (χ1v) is 11.8. The second-order valence-corrected chi connectivity index (χ2v) is 7.69. The summed E-state index contributed by atoms with van der Waals surface area (Å²) in [6.45, 7) is 6.33. The molecule has 0 aliphatic heterocycles. The Kier molecular flexibility index (Phi) is 10.9. The van der Waals surface area contributed by atoms with Gasteiger partial charge in [-0.25, -0.2) is 4.79 Å². The van der Waals surface area contributed by atoms with Gasteiger partial charge in [0.05, 0.1) is 19.8 Å². The van der Waals surface area contributed by atoms with E-state index >= 15 is 0 Å². The average Bonchev–Trinajstić information content (AvgIpc) is 2.86. The van der Waals surface area contributed by atoms with Crippen LogP contribution in [0.5, 0.6) is 0 Å². The number of carbonyl (C=O) groups is 1. The number of rotatable bonds is 16. The fourth-order valence-electron chi connectivity index (χ4n) is 3.70. The van der Waals surface area contributed by atoms with Gasteiger partial charge in [-0.3, -0.25) is 4.90 Å². The highest BCUT2D eigenvalue weighted by molar-refractivity contribution is 5.75. The lowest BCUT2D eigenvalue weighted by atomic mass is 10.2. The number of hydrogen-bond donors (Lipinski definition) is 1. The molecule has 2 rings (SSSR count). The molecule has 0 amide bonds. The van der Waals surface area contributed by atoms with E-state index in [1.165, 1.54) is 12.0 Å². The molecule has 0 fully saturated rings. The van der Waals surface area contributed by atoms with Crippen LogP contribution in [0.15, 0.2) is 60.7 Å². The highest BCUT2D eigenvalue weighted by Crippen LogP contribution is 2.40. The number of carboxylic acid groups (broad SMARTS) is 1. The largest absolute Gasteiger partial charge is 0.476 e. The van der Waals surface area contributed by atoms with Gasteiger partial charge in [-0.15, -0.1) is 0 Å². The normalized spacial score (nSPS) is 15.0. The Morgan fingerprint density at radius 2 is 1.38 bits per heavy atom. The minimum absolute atomic E-state index is 0.172. The maximum Gasteiger partial charge on any atom is 0.382 e. The third-order valence-corrected chi connectivity index (χ3v) is 5.34. The third-order valence-electron chi connectivity index (χ3n) is 5.34. The number of anilines is 2. The van der Waals surface area contributed by atoms with Crippen LogP contribution in [-0.4, -0.2) is 61.9 Å². The third kappa shape index (κ3) is 5.95. The number of unbranched alkanes of at least 4 members (excludes halogenated alkanes) is 1. The first kappa shape index (κ1) is 27.8. The molecule has 0 radical (unpaired) electrons. The van der Waals surface area contributed by atoms with Crippen LogP contribution < -0.4 is 4.90 Å². The zero-order valence-electron chi connectivity index (χ0n) is 20.9. The molecule has 188 valence electrons. The number of nitrogens with zero attached hydrogens (tertiary/aromatic N) is 2. The Bertz CT molecular complexity index is 813. The van der Waals surface area contributed by atoms with Crippen molar-refractivity contribution >= 4 is 17.3 Å². The van der Waals surface area contributed by atoms with Crippen LogP contribution in [0.25, 0.3) is 0 Å². The minimum atomic E-state index is -2.15. The van der Waals surface area contributed by atoms with Crippen molar-refractivity contribution in [3.05, 3.63) is 60.7 Å². The molecule has 0 aromatic heterocycles. The zero-order chi connectivity index (χ0) is 25.0. The predicted octanol–water partition coefficient (Wildman–Crippen LogP) is 5.03. The molecule has 8 heteroatoms. The summed E-state index contributed by atoms with van der Waals surface area (Å²) >= 11 is 0. The summed E-state index contributed by atoms with van der Waals surface area (Å²) in [6, 6.07) is 17.3. The smallest absolute Gasteiger partial charge is 0.382 e. The average molecular weight is 475 g/mol. The zero-order valence-corrected chi connectivity index (χ0v) is 20.9. The second-order valence-electron chi connectivity index (χ2n) is 7.69. The molecule has 2 unspecified atom stereocenters. The lowest BCUT2D eigenvalue weighted by Crippen LogP contribution is -2.72. The van der Waals surface area contributed by atoms with Crippen molar-refractivity contribution in [2.24, 2.45) is 0 Å². The summed E-state index contributed by atoms with van der Waals surface area (Å²) in [4.78, 5) is 16.0. The number of carboxylic acids is 1. The van der Waals surface area contributed by atoms with Gasteiger partial charge >= 0.3 is 17.9 Å². The lowest BCUT2D eigenvalue weighted by Gasteiger charge is -2.51. The van der Waals surface area contributed by atoms with Gasteiger partial charge in [0, 0.05) is 18.5 Å². The van der Waals surface area contributed by atoms with Crippen LogP contribution in [0.1, 0.15) is 40.0 Å². The number of ether oxygens (including phenoxy) is 4. The van der Waals surface area contributed by atoms with E-state index in [4.69, 9.17) is 18.9 Å². The minimum Gasteiger partial charge on any atom is -0.476 e. The van der Waals surface area contributed by atoms with Gasteiger partial charge < -0.3 is 24.1 Å². The Balaban J connectivity index is 2.76. The number of likely N-dealkylation sites (N-methyl/N-ethyl adjacent to an activating group) is 1. The van der Waals surface area contributed by atoms with Crippen LogP contribution >= 0.6 is 0 Å². The van der Waals surface area contributed by atoms with E-state index in [2.05, 4.69) is 0 Å². The first-order chi connectivity index (χ1) is 16.4. The molecular formula is C26H38N2O6. The Morgan fingerprint density at radius 1 is 0.853 bits per heavy atom. The molecule has 8 nitrogen and oxygen atoms in total. The fraction of sp³-hybridized carbons (Fsp3) is 0.500. The highest BCUT2D eigenvalue weighted by atomic mass is 16.8. The van der Waals surface area contributed by atoms with Gasteiger partial charge in [-0.1, -0.05) is 56.7 Å². The molecule has 1 N–H and O–H groups in total. The molecule has 0 aliphatic rings. The van der Waals surface area contributed by atoms with Gasteiger partial charge in [-0.05, 0) is 51.1 Å². The number of methoxy groups -OCH3 is 1. The summed E-state index contributed by atoms with van der Waals surface area (Å²) < 4.78 is 24.3. The van der Waals surface area contributed by atoms with E-state index in [-0.39, 0.29) is 19.8 Å². The van der Waals surface area contributed by atoms with Crippen molar-refractivity contribution in [3.8, 4) is 0 Å². The predicted molar refractivity (Wildman–Crippen MR) is 132 cm³/mol. The van der Waals surface area contributed by atoms with Crippen LogP contribution in [0.2, 0.25) is 0 Å². The molecule has 2 atom stereocenters. The number of benzene rings is 2. The Hall–Kier alpha value is -2.49. The summed E-state index contributed by atoms with van der Waals surface area (Å²) in [5.41, 5.74) is 1.47. The fourth-order valence-corrected chi connectivity index (χ4v) is 3.70. The van der Waals surface area contributed by atoms with E-state index in [1.807, 2.05) is 81.4 Å². The molecule has 0 aliphatic carbocycles. The first-order valence-electron chi connectivity index (χ1n) is 11.8. The van der Waals surface area contributed by atoms with Crippen molar-refractivity contribution in [2.75, 3.05) is 38.9 Å². The molecule has 0 spiro atoms. The molecule has 0 heterocycles. The van der Waals surface area contributed by atoms with Gasteiger partial charge in [-0.2, -0.15) is 4.90 Å². The summed E-state index contributed by atoms with van der Waals surface area (Å²) in [6.07, 6.45) is 2.12. The van der Waals surface area contributed by atoms with Crippen molar-refractivity contribution in [3.63, 3.8) is 0 Å². The van der Waals surface area contributed by atoms with E-state index < -0.39 is 17.9 Å². The number of para-hydroxylation sites is 2. The van der Waals surface area contributed by atoms with Gasteiger partial charge in [0.15, 0.2) is 0 Å². The number of aliphatic carboxylic acids is 1. The topological polar surface area (TPSA) is 80.7 Å². The van der Waals surface area contributed by atoms with Crippen molar-refractivity contribution in [2.45, 2.75) is 52.0 Å². The highest BCUT2D eigenvalue weighted by Gasteiger charge is 2.59. The summed E-state index contributed by atoms with van der Waals surface area (Å²) in [5, 5.41) is 10.4. The van der Waals surface area contributed by atoms with Gasteiger partial charge in [0.1, 0.15) is 0 Å². The van der Waals surface area contributed by atoms with Crippen LogP contribution in [-0.2, 0) is 23.7 Å². The molecular weight excluding hydrogens is 436 g/mol. The Morgan fingerprint density at radius 3 is 1.79 bits per heavy atom. The van der Waals surface area contributed by atoms with E-state index in [1.54, 1.807) is 11.9 Å². The standard InChI is InChI=1S/C26H38N2O6/c1-6-9-21-34-25(24(29)30,33-20-7-2)27(4)26(31-5,32-8-3)28(22-16-12-10-13-17-22)23-18-14-11-15-19-23/h10-19H,6-9,20-21H2,1-5H3,(H,29,30). The number of hydrogen-bond acceptors (Lipinski definition) is 7. The Labute approximate surface area is 203 Å². The van der Waals surface area contributed by atoms with E-state index in [0.717, 1.165) is 17.8 Å². The summed E-state index contributed by atoms with van der Waals surface area (Å²) in [7, 11) is 3.05. The molecule has 0 bridgehead atoms. The quantitative estimate of drug-likeness (QED) is 0.268. The molecule has 0 saturated carbocycles. The van der Waals surface area contributed by atoms with Crippen molar-refractivity contribution < 1.29 is 28.8 Å². The maximum absolute atomic E-state index is 12.8. The van der Waals surface area contributed by atoms with Crippen LogP contribution in [0.4, 0.5) is 11.4 Å². The van der Waals surface area contributed by atoms with E-state index in [9.17, 15) is 9.90 Å².